The Balaban J connectivity index is 3.02. The van der Waals surface area contributed by atoms with Gasteiger partial charge in [0.2, 0.25) is 5.82 Å². The van der Waals surface area contributed by atoms with Gasteiger partial charge in [-0.15, -0.1) is 0 Å². The summed E-state index contributed by atoms with van der Waals surface area (Å²) in [6.07, 6.45) is -2.89. The van der Waals surface area contributed by atoms with Gasteiger partial charge in [0.05, 0.1) is 5.56 Å². The van der Waals surface area contributed by atoms with Gasteiger partial charge in [0.25, 0.3) is 0 Å². The summed E-state index contributed by atoms with van der Waals surface area (Å²) in [5, 5.41) is 8.22. The molecule has 1 aromatic heterocycles. The van der Waals surface area contributed by atoms with Gasteiger partial charge in [-0.05, 0) is 0 Å². The predicted octanol–water partition coefficient (Wildman–Crippen LogP) is 1.37. The van der Waals surface area contributed by atoms with Crippen molar-refractivity contribution in [3.63, 3.8) is 0 Å². The standard InChI is InChI=1S/C6H2F3N3/c7-6(8,9)5-11-2-4(1-10)3-12-5/h2-3H. The topological polar surface area (TPSA) is 49.6 Å². The van der Waals surface area contributed by atoms with E-state index in [4.69, 9.17) is 5.26 Å². The van der Waals surface area contributed by atoms with Crippen LogP contribution in [0.1, 0.15) is 11.4 Å². The molecule has 0 radical (unpaired) electrons. The van der Waals surface area contributed by atoms with Gasteiger partial charge >= 0.3 is 6.18 Å². The van der Waals surface area contributed by atoms with Crippen LogP contribution in [-0.2, 0) is 6.18 Å². The third-order valence-corrected chi connectivity index (χ3v) is 1.03. The van der Waals surface area contributed by atoms with Gasteiger partial charge in [0.15, 0.2) is 0 Å². The van der Waals surface area contributed by atoms with Crippen LogP contribution in [-0.4, -0.2) is 9.97 Å². The van der Waals surface area contributed by atoms with Crippen LogP contribution in [0.4, 0.5) is 13.2 Å². The first-order chi connectivity index (χ1) is 5.54. The minimum absolute atomic E-state index is 0.00278. The van der Waals surface area contributed by atoms with Crippen molar-refractivity contribution >= 4 is 0 Å². The number of rotatable bonds is 0. The second kappa shape index (κ2) is 2.77. The molecule has 12 heavy (non-hydrogen) atoms. The quantitative estimate of drug-likeness (QED) is 0.595. The largest absolute Gasteiger partial charge is 0.451 e. The summed E-state index contributed by atoms with van der Waals surface area (Å²) < 4.78 is 35.4. The van der Waals surface area contributed by atoms with E-state index >= 15 is 0 Å². The molecule has 0 spiro atoms. The maximum absolute atomic E-state index is 11.8. The fourth-order valence-corrected chi connectivity index (χ4v) is 0.532. The zero-order chi connectivity index (χ0) is 9.19. The number of nitriles is 1. The lowest BCUT2D eigenvalue weighted by Gasteiger charge is -2.02. The van der Waals surface area contributed by atoms with Gasteiger partial charge in [-0.1, -0.05) is 0 Å². The van der Waals surface area contributed by atoms with Gasteiger partial charge in [-0.2, -0.15) is 18.4 Å². The molecular weight excluding hydrogens is 171 g/mol. The smallest absolute Gasteiger partial charge is 0.232 e. The molecular formula is C6H2F3N3. The van der Waals surface area contributed by atoms with Gasteiger partial charge < -0.3 is 0 Å². The van der Waals surface area contributed by atoms with Crippen LogP contribution in [0.5, 0.6) is 0 Å². The number of aromatic nitrogens is 2. The van der Waals surface area contributed by atoms with Crippen molar-refractivity contribution in [1.29, 1.82) is 5.26 Å². The van der Waals surface area contributed by atoms with E-state index in [9.17, 15) is 13.2 Å². The number of alkyl halides is 3. The number of nitrogens with zero attached hydrogens (tertiary/aromatic N) is 3. The van der Waals surface area contributed by atoms with E-state index in [1.54, 1.807) is 6.07 Å². The highest BCUT2D eigenvalue weighted by Crippen LogP contribution is 2.25. The summed E-state index contributed by atoms with van der Waals surface area (Å²) in [5.74, 6) is -1.23. The van der Waals surface area contributed by atoms with Gasteiger partial charge in [0, 0.05) is 12.4 Å². The van der Waals surface area contributed by atoms with Crippen molar-refractivity contribution in [2.24, 2.45) is 0 Å². The molecule has 0 amide bonds. The fraction of sp³-hybridized carbons (Fsp3) is 0.167. The molecule has 1 rings (SSSR count). The molecule has 0 fully saturated rings. The summed E-state index contributed by atoms with van der Waals surface area (Å²) in [6, 6.07) is 1.61. The summed E-state index contributed by atoms with van der Waals surface area (Å²) >= 11 is 0. The maximum atomic E-state index is 11.8. The number of hydrogen-bond donors (Lipinski definition) is 0. The van der Waals surface area contributed by atoms with Crippen molar-refractivity contribution in [1.82, 2.24) is 9.97 Å². The molecule has 1 heterocycles. The second-order valence-corrected chi connectivity index (χ2v) is 1.90. The molecule has 3 nitrogen and oxygen atoms in total. The van der Waals surface area contributed by atoms with Crippen molar-refractivity contribution in [3.05, 3.63) is 23.8 Å². The first-order valence-corrected chi connectivity index (χ1v) is 2.83. The van der Waals surface area contributed by atoms with Crippen LogP contribution < -0.4 is 0 Å². The van der Waals surface area contributed by atoms with Crippen molar-refractivity contribution in [3.8, 4) is 6.07 Å². The van der Waals surface area contributed by atoms with Crippen LogP contribution in [0.25, 0.3) is 0 Å². The molecule has 0 aromatic carbocycles. The monoisotopic (exact) mass is 173 g/mol. The highest BCUT2D eigenvalue weighted by molar-refractivity contribution is 5.21. The molecule has 0 aliphatic heterocycles. The molecule has 0 bridgehead atoms. The third-order valence-electron chi connectivity index (χ3n) is 1.03. The Morgan fingerprint density at radius 1 is 1.25 bits per heavy atom. The predicted molar refractivity (Wildman–Crippen MR) is 31.7 cm³/mol. The Bertz CT molecular complexity index is 308. The van der Waals surface area contributed by atoms with Crippen molar-refractivity contribution in [2.45, 2.75) is 6.18 Å². The first kappa shape index (κ1) is 8.46. The van der Waals surface area contributed by atoms with Crippen LogP contribution >= 0.6 is 0 Å². The fourth-order valence-electron chi connectivity index (χ4n) is 0.532. The van der Waals surface area contributed by atoms with E-state index in [0.717, 1.165) is 12.4 Å². The van der Waals surface area contributed by atoms with Gasteiger partial charge in [-0.25, -0.2) is 9.97 Å². The minimum atomic E-state index is -4.55. The zero-order valence-electron chi connectivity index (χ0n) is 5.63. The lowest BCUT2D eigenvalue weighted by Crippen LogP contribution is -2.10. The van der Waals surface area contributed by atoms with Crippen LogP contribution in [0.2, 0.25) is 0 Å². The van der Waals surface area contributed by atoms with Crippen LogP contribution in [0.15, 0.2) is 12.4 Å². The molecule has 0 saturated heterocycles. The average Bonchev–Trinajstić information content (AvgIpc) is 2.03. The summed E-state index contributed by atoms with van der Waals surface area (Å²) in [7, 11) is 0. The van der Waals surface area contributed by atoms with E-state index < -0.39 is 12.0 Å². The lowest BCUT2D eigenvalue weighted by atomic mass is 10.4. The molecule has 0 aliphatic carbocycles. The van der Waals surface area contributed by atoms with E-state index in [-0.39, 0.29) is 5.56 Å². The Hall–Kier alpha value is -1.64. The maximum Gasteiger partial charge on any atom is 0.451 e. The zero-order valence-corrected chi connectivity index (χ0v) is 5.63. The Morgan fingerprint density at radius 2 is 1.75 bits per heavy atom. The van der Waals surface area contributed by atoms with Gasteiger partial charge in [-0.3, -0.25) is 0 Å². The molecule has 0 N–H and O–H groups in total. The number of halogens is 3. The second-order valence-electron chi connectivity index (χ2n) is 1.90. The Labute approximate surface area is 65.5 Å². The molecule has 62 valence electrons. The molecule has 0 unspecified atom stereocenters. The van der Waals surface area contributed by atoms with Gasteiger partial charge in [0.1, 0.15) is 6.07 Å². The molecule has 0 atom stereocenters. The van der Waals surface area contributed by atoms with Crippen molar-refractivity contribution in [2.75, 3.05) is 0 Å². The highest BCUT2D eigenvalue weighted by atomic mass is 19.4. The van der Waals surface area contributed by atoms with E-state index in [1.807, 2.05) is 0 Å². The average molecular weight is 173 g/mol. The first-order valence-electron chi connectivity index (χ1n) is 2.83. The lowest BCUT2D eigenvalue weighted by molar-refractivity contribution is -0.145. The molecule has 6 heteroatoms. The molecule has 0 saturated carbocycles. The molecule has 1 aromatic rings. The minimum Gasteiger partial charge on any atom is -0.232 e. The van der Waals surface area contributed by atoms with Crippen LogP contribution in [0.3, 0.4) is 0 Å². The Morgan fingerprint density at radius 3 is 2.08 bits per heavy atom. The molecule has 0 aliphatic rings. The summed E-state index contributed by atoms with van der Waals surface area (Å²) in [6.45, 7) is 0. The Kier molecular flexibility index (Phi) is 1.95. The van der Waals surface area contributed by atoms with Crippen molar-refractivity contribution < 1.29 is 13.2 Å². The van der Waals surface area contributed by atoms with Crippen LogP contribution in [0, 0.1) is 11.3 Å². The summed E-state index contributed by atoms with van der Waals surface area (Å²) in [4.78, 5) is 5.92. The van der Waals surface area contributed by atoms with E-state index in [1.165, 1.54) is 0 Å². The SMILES string of the molecule is N#Cc1cnc(C(F)(F)F)nc1. The third kappa shape index (κ3) is 1.69. The summed E-state index contributed by atoms with van der Waals surface area (Å²) in [5.41, 5.74) is 0.00278. The normalized spacial score (nSPS) is 10.8. The van der Waals surface area contributed by atoms with E-state index in [2.05, 4.69) is 9.97 Å². The highest BCUT2D eigenvalue weighted by Gasteiger charge is 2.34. The van der Waals surface area contributed by atoms with E-state index in [0.29, 0.717) is 0 Å². The number of hydrogen-bond acceptors (Lipinski definition) is 3.